The van der Waals surface area contributed by atoms with E-state index in [0.717, 1.165) is 5.75 Å². The van der Waals surface area contributed by atoms with E-state index in [1.807, 2.05) is 12.1 Å². The first kappa shape index (κ1) is 15.4. The number of rotatable bonds is 4. The molecule has 2 aromatic carbocycles. The Hall–Kier alpha value is -2.01. The number of halogens is 1. The van der Waals surface area contributed by atoms with E-state index in [9.17, 15) is 0 Å². The molecule has 0 bridgehead atoms. The van der Waals surface area contributed by atoms with Gasteiger partial charge in [0.05, 0.1) is 0 Å². The molecular weight excluding hydrogens is 332 g/mol. The fourth-order valence-electron chi connectivity index (χ4n) is 1.88. The molecule has 0 aliphatic rings. The summed E-state index contributed by atoms with van der Waals surface area (Å²) < 4.78 is 6.49. The van der Waals surface area contributed by atoms with E-state index < -0.39 is 0 Å². The van der Waals surface area contributed by atoms with Gasteiger partial charge in [-0.2, -0.15) is 0 Å². The van der Waals surface area contributed by atoms with E-state index in [-0.39, 0.29) is 5.84 Å². The maximum Gasteiger partial charge on any atom is 0.171 e. The molecule has 0 fully saturated rings. The lowest BCUT2D eigenvalue weighted by molar-refractivity contribution is 0.318. The molecule has 5 heteroatoms. The number of nitrogens with two attached hydrogens (primary N) is 1. The molecule has 0 spiro atoms. The normalized spacial score (nSPS) is 11.7. The van der Waals surface area contributed by atoms with E-state index in [2.05, 4.69) is 47.1 Å². The van der Waals surface area contributed by atoms with Crippen molar-refractivity contribution in [1.29, 1.82) is 0 Å². The molecule has 0 aliphatic heterocycles. The molecule has 110 valence electrons. The van der Waals surface area contributed by atoms with Gasteiger partial charge in [-0.1, -0.05) is 31.1 Å². The van der Waals surface area contributed by atoms with Gasteiger partial charge in [-0.25, -0.2) is 0 Å². The van der Waals surface area contributed by atoms with Crippen LogP contribution >= 0.6 is 15.9 Å². The van der Waals surface area contributed by atoms with Gasteiger partial charge in [0.1, 0.15) is 11.5 Å². The van der Waals surface area contributed by atoms with Crippen LogP contribution in [0.1, 0.15) is 30.9 Å². The molecule has 0 unspecified atom stereocenters. The fraction of sp³-hybridized carbons (Fsp3) is 0.188. The van der Waals surface area contributed by atoms with Gasteiger partial charge in [0.2, 0.25) is 0 Å². The average molecular weight is 349 g/mol. The molecule has 0 heterocycles. The smallest absolute Gasteiger partial charge is 0.171 e. The van der Waals surface area contributed by atoms with Crippen molar-refractivity contribution in [2.75, 3.05) is 0 Å². The summed E-state index contributed by atoms with van der Waals surface area (Å²) in [4.78, 5) is 0. The van der Waals surface area contributed by atoms with E-state index in [4.69, 9.17) is 15.7 Å². The van der Waals surface area contributed by atoms with Crippen LogP contribution in [-0.4, -0.2) is 11.0 Å². The summed E-state index contributed by atoms with van der Waals surface area (Å²) in [6.45, 7) is 4.30. The van der Waals surface area contributed by atoms with Crippen LogP contribution in [0.3, 0.4) is 0 Å². The Morgan fingerprint density at radius 3 is 2.29 bits per heavy atom. The number of hydrogen-bond donors (Lipinski definition) is 2. The highest BCUT2D eigenvalue weighted by Crippen LogP contribution is 2.28. The zero-order valence-electron chi connectivity index (χ0n) is 11.9. The molecule has 4 nitrogen and oxygen atoms in total. The second-order valence-corrected chi connectivity index (χ2v) is 5.81. The second-order valence-electron chi connectivity index (χ2n) is 4.95. The van der Waals surface area contributed by atoms with Gasteiger partial charge in [0.15, 0.2) is 5.84 Å². The molecule has 2 rings (SSSR count). The van der Waals surface area contributed by atoms with Crippen molar-refractivity contribution in [1.82, 2.24) is 0 Å². The first-order chi connectivity index (χ1) is 10.0. The van der Waals surface area contributed by atoms with Crippen molar-refractivity contribution >= 4 is 21.8 Å². The van der Waals surface area contributed by atoms with Crippen LogP contribution in [0.4, 0.5) is 0 Å². The van der Waals surface area contributed by atoms with Crippen LogP contribution in [0.5, 0.6) is 11.5 Å². The first-order valence-electron chi connectivity index (χ1n) is 6.56. The highest BCUT2D eigenvalue weighted by molar-refractivity contribution is 9.10. The van der Waals surface area contributed by atoms with E-state index in [1.165, 1.54) is 5.56 Å². The van der Waals surface area contributed by atoms with Crippen LogP contribution in [0.2, 0.25) is 0 Å². The minimum atomic E-state index is 0.0507. The van der Waals surface area contributed by atoms with Gasteiger partial charge in [-0.3, -0.25) is 0 Å². The highest BCUT2D eigenvalue weighted by atomic mass is 79.9. The Morgan fingerprint density at radius 2 is 1.76 bits per heavy atom. The van der Waals surface area contributed by atoms with Crippen LogP contribution in [-0.2, 0) is 0 Å². The molecule has 21 heavy (non-hydrogen) atoms. The number of nitrogens with zero attached hydrogens (tertiary/aromatic N) is 1. The molecule has 0 aromatic heterocycles. The molecule has 0 saturated carbocycles. The summed E-state index contributed by atoms with van der Waals surface area (Å²) >= 11 is 3.38. The SMILES string of the molecule is CC(C)c1ccc(Oc2ccc(/C(N)=N/O)c(Br)c2)cc1. The van der Waals surface area contributed by atoms with E-state index in [1.54, 1.807) is 18.2 Å². The quantitative estimate of drug-likeness (QED) is 0.371. The Labute approximate surface area is 132 Å². The Bertz CT molecular complexity index is 652. The van der Waals surface area contributed by atoms with E-state index in [0.29, 0.717) is 21.7 Å². The van der Waals surface area contributed by atoms with Crippen molar-refractivity contribution in [3.63, 3.8) is 0 Å². The van der Waals surface area contributed by atoms with Gasteiger partial charge in [-0.05, 0) is 57.7 Å². The van der Waals surface area contributed by atoms with Crippen LogP contribution < -0.4 is 10.5 Å². The summed E-state index contributed by atoms with van der Waals surface area (Å²) in [6, 6.07) is 13.3. The van der Waals surface area contributed by atoms with Crippen molar-refractivity contribution in [2.24, 2.45) is 10.9 Å². The maximum absolute atomic E-state index is 8.70. The van der Waals surface area contributed by atoms with Crippen LogP contribution in [0.15, 0.2) is 52.1 Å². The summed E-state index contributed by atoms with van der Waals surface area (Å²) in [6.07, 6.45) is 0. The third-order valence-corrected chi connectivity index (χ3v) is 3.76. The van der Waals surface area contributed by atoms with Gasteiger partial charge in [0, 0.05) is 10.0 Å². The lowest BCUT2D eigenvalue weighted by Gasteiger charge is -2.10. The zero-order chi connectivity index (χ0) is 15.4. The predicted molar refractivity (Wildman–Crippen MR) is 87.3 cm³/mol. The van der Waals surface area contributed by atoms with Gasteiger partial charge in [0.25, 0.3) is 0 Å². The Morgan fingerprint density at radius 1 is 1.14 bits per heavy atom. The molecule has 0 aliphatic carbocycles. The summed E-state index contributed by atoms with van der Waals surface area (Å²) in [5.41, 5.74) is 7.45. The number of ether oxygens (including phenoxy) is 1. The molecule has 0 atom stereocenters. The van der Waals surface area contributed by atoms with Crippen molar-refractivity contribution in [3.8, 4) is 11.5 Å². The predicted octanol–water partition coefficient (Wildman–Crippen LogP) is 4.46. The molecule has 2 aromatic rings. The average Bonchev–Trinajstić information content (AvgIpc) is 2.47. The minimum Gasteiger partial charge on any atom is -0.457 e. The van der Waals surface area contributed by atoms with E-state index >= 15 is 0 Å². The Balaban J connectivity index is 2.18. The second kappa shape index (κ2) is 6.63. The van der Waals surface area contributed by atoms with Crippen LogP contribution in [0, 0.1) is 0 Å². The number of hydrogen-bond acceptors (Lipinski definition) is 3. The van der Waals surface area contributed by atoms with Gasteiger partial charge < -0.3 is 15.7 Å². The molecular formula is C16H17BrN2O2. The molecule has 0 saturated heterocycles. The summed E-state index contributed by atoms with van der Waals surface area (Å²) in [7, 11) is 0. The van der Waals surface area contributed by atoms with Gasteiger partial charge in [-0.15, -0.1) is 0 Å². The van der Waals surface area contributed by atoms with Gasteiger partial charge >= 0.3 is 0 Å². The largest absolute Gasteiger partial charge is 0.457 e. The lowest BCUT2D eigenvalue weighted by Crippen LogP contribution is -2.13. The standard InChI is InChI=1S/C16H17BrN2O2/c1-10(2)11-3-5-12(6-4-11)21-13-7-8-14(15(17)9-13)16(18)19-20/h3-10,20H,1-2H3,(H2,18,19). The van der Waals surface area contributed by atoms with Crippen molar-refractivity contribution < 1.29 is 9.94 Å². The first-order valence-corrected chi connectivity index (χ1v) is 7.36. The third kappa shape index (κ3) is 3.76. The zero-order valence-corrected chi connectivity index (χ0v) is 13.5. The third-order valence-electron chi connectivity index (χ3n) is 3.11. The topological polar surface area (TPSA) is 67.8 Å². The molecule has 3 N–H and O–H groups in total. The lowest BCUT2D eigenvalue weighted by atomic mass is 10.0. The number of amidine groups is 1. The summed E-state index contributed by atoms with van der Waals surface area (Å²) in [5.74, 6) is 1.99. The fourth-order valence-corrected chi connectivity index (χ4v) is 2.44. The van der Waals surface area contributed by atoms with Crippen molar-refractivity contribution in [3.05, 3.63) is 58.1 Å². The molecule has 0 amide bonds. The number of oxime groups is 1. The maximum atomic E-state index is 8.70. The minimum absolute atomic E-state index is 0.0507. The monoisotopic (exact) mass is 348 g/mol. The Kier molecular flexibility index (Phi) is 4.85. The highest BCUT2D eigenvalue weighted by Gasteiger charge is 2.07. The van der Waals surface area contributed by atoms with Crippen molar-refractivity contribution in [2.45, 2.75) is 19.8 Å². The van der Waals surface area contributed by atoms with Crippen LogP contribution in [0.25, 0.3) is 0 Å². The molecule has 0 radical (unpaired) electrons. The summed E-state index contributed by atoms with van der Waals surface area (Å²) in [5, 5.41) is 11.7. The number of benzene rings is 2.